The molecule has 79 valence electrons. The number of hydrogen-bond acceptors (Lipinski definition) is 2. The van der Waals surface area contributed by atoms with Gasteiger partial charge >= 0.3 is 0 Å². The van der Waals surface area contributed by atoms with E-state index in [1.54, 1.807) is 0 Å². The van der Waals surface area contributed by atoms with Gasteiger partial charge in [-0.05, 0) is 19.3 Å². The van der Waals surface area contributed by atoms with Gasteiger partial charge in [0.25, 0.3) is 0 Å². The van der Waals surface area contributed by atoms with Crippen LogP contribution in [0.25, 0.3) is 0 Å². The summed E-state index contributed by atoms with van der Waals surface area (Å²) in [5.74, 6) is 0.193. The largest absolute Gasteiger partial charge is 0.341 e. The van der Waals surface area contributed by atoms with E-state index >= 15 is 0 Å². The highest BCUT2D eigenvalue weighted by atomic mass is 19.1. The molecule has 1 amide bonds. The van der Waals surface area contributed by atoms with Gasteiger partial charge in [-0.1, -0.05) is 0 Å². The molecule has 0 aromatic heterocycles. The molecule has 0 aromatic carbocycles. The third-order valence-electron chi connectivity index (χ3n) is 3.05. The third kappa shape index (κ3) is 1.75. The standard InChI is InChI=1S/C10H16FN2O/c11-4-8-12-7-3-9(12)10(14)13-5-1-2-6-13/h1,9H,2-8H2. The average Bonchev–Trinajstić information content (AvgIpc) is 2.65. The maximum Gasteiger partial charge on any atom is 0.239 e. The number of likely N-dealkylation sites (tertiary alicyclic amines) is 2. The molecule has 2 aliphatic heterocycles. The van der Waals surface area contributed by atoms with Crippen LogP contribution < -0.4 is 0 Å². The van der Waals surface area contributed by atoms with Gasteiger partial charge in [-0.2, -0.15) is 0 Å². The van der Waals surface area contributed by atoms with Crippen molar-refractivity contribution in [3.63, 3.8) is 0 Å². The van der Waals surface area contributed by atoms with E-state index in [0.29, 0.717) is 6.54 Å². The molecule has 0 saturated carbocycles. The number of alkyl halides is 1. The number of hydrogen-bond donors (Lipinski definition) is 0. The van der Waals surface area contributed by atoms with Crippen molar-refractivity contribution in [1.29, 1.82) is 0 Å². The molecule has 0 spiro atoms. The fraction of sp³-hybridized carbons (Fsp3) is 0.800. The Labute approximate surface area is 83.9 Å². The second kappa shape index (κ2) is 4.26. The summed E-state index contributed by atoms with van der Waals surface area (Å²) in [6.07, 6.45) is 4.02. The normalized spacial score (nSPS) is 27.8. The minimum absolute atomic E-state index is 0.0303. The topological polar surface area (TPSA) is 23.6 Å². The predicted octanol–water partition coefficient (Wildman–Crippen LogP) is 0.467. The first kappa shape index (κ1) is 9.90. The minimum atomic E-state index is -0.351. The first-order valence-electron chi connectivity index (χ1n) is 5.23. The van der Waals surface area contributed by atoms with Crippen LogP contribution in [-0.2, 0) is 4.79 Å². The third-order valence-corrected chi connectivity index (χ3v) is 3.05. The summed E-state index contributed by atoms with van der Waals surface area (Å²) in [4.78, 5) is 15.7. The van der Waals surface area contributed by atoms with E-state index in [-0.39, 0.29) is 18.6 Å². The molecule has 2 aliphatic rings. The number of carbonyl (C=O) groups excluding carboxylic acids is 1. The van der Waals surface area contributed by atoms with Gasteiger partial charge in [-0.3, -0.25) is 9.69 Å². The molecule has 4 heteroatoms. The molecule has 0 N–H and O–H groups in total. The van der Waals surface area contributed by atoms with Gasteiger partial charge in [-0.15, -0.1) is 0 Å². The molecule has 0 aliphatic carbocycles. The molecule has 0 aromatic rings. The van der Waals surface area contributed by atoms with Gasteiger partial charge in [-0.25, -0.2) is 4.39 Å². The highest BCUT2D eigenvalue weighted by Crippen LogP contribution is 2.21. The number of carbonyl (C=O) groups is 1. The SMILES string of the molecule is O=C(C1CCN1CCF)N1C[CH]CC1. The van der Waals surface area contributed by atoms with Crippen molar-refractivity contribution in [3.05, 3.63) is 6.42 Å². The lowest BCUT2D eigenvalue weighted by Crippen LogP contribution is -2.57. The summed E-state index contributed by atoms with van der Waals surface area (Å²) in [5.41, 5.74) is 0. The molecule has 14 heavy (non-hydrogen) atoms. The molecule has 2 saturated heterocycles. The van der Waals surface area contributed by atoms with Gasteiger partial charge in [0.15, 0.2) is 0 Å². The Kier molecular flexibility index (Phi) is 3.01. The lowest BCUT2D eigenvalue weighted by molar-refractivity contribution is -0.140. The Balaban J connectivity index is 1.85. The van der Waals surface area contributed by atoms with E-state index in [4.69, 9.17) is 0 Å². The average molecular weight is 199 g/mol. The molecule has 2 heterocycles. The van der Waals surface area contributed by atoms with Crippen LogP contribution >= 0.6 is 0 Å². The molecule has 3 nitrogen and oxygen atoms in total. The van der Waals surface area contributed by atoms with Crippen LogP contribution in [0.4, 0.5) is 4.39 Å². The summed E-state index contributed by atoms with van der Waals surface area (Å²) in [6, 6.07) is -0.0303. The predicted molar refractivity (Wildman–Crippen MR) is 51.5 cm³/mol. The quantitative estimate of drug-likeness (QED) is 0.659. The Morgan fingerprint density at radius 3 is 2.86 bits per heavy atom. The van der Waals surface area contributed by atoms with Crippen LogP contribution in [0.1, 0.15) is 12.8 Å². The van der Waals surface area contributed by atoms with Crippen molar-refractivity contribution in [2.24, 2.45) is 0 Å². The summed E-state index contributed by atoms with van der Waals surface area (Å²) in [6.45, 7) is 2.55. The Morgan fingerprint density at radius 2 is 2.36 bits per heavy atom. The lowest BCUT2D eigenvalue weighted by atomic mass is 10.0. The summed E-state index contributed by atoms with van der Waals surface area (Å²) in [5, 5.41) is 0. The van der Waals surface area contributed by atoms with E-state index in [2.05, 4.69) is 6.42 Å². The zero-order valence-corrected chi connectivity index (χ0v) is 8.29. The summed E-state index contributed by atoms with van der Waals surface area (Å²) < 4.78 is 12.1. The first-order chi connectivity index (χ1) is 6.83. The van der Waals surface area contributed by atoms with Gasteiger partial charge < -0.3 is 4.90 Å². The van der Waals surface area contributed by atoms with Crippen LogP contribution in [0.3, 0.4) is 0 Å². The highest BCUT2D eigenvalue weighted by Gasteiger charge is 2.36. The summed E-state index contributed by atoms with van der Waals surface area (Å²) >= 11 is 0. The van der Waals surface area contributed by atoms with Crippen molar-refractivity contribution in [2.75, 3.05) is 32.9 Å². The molecule has 1 atom stereocenters. The molecule has 0 bridgehead atoms. The van der Waals surface area contributed by atoms with Gasteiger partial charge in [0, 0.05) is 26.2 Å². The fourth-order valence-electron chi connectivity index (χ4n) is 2.09. The van der Waals surface area contributed by atoms with E-state index in [9.17, 15) is 9.18 Å². The zero-order chi connectivity index (χ0) is 9.97. The zero-order valence-electron chi connectivity index (χ0n) is 8.29. The maximum atomic E-state index is 12.1. The van der Waals surface area contributed by atoms with E-state index < -0.39 is 0 Å². The number of nitrogens with zero attached hydrogens (tertiary/aromatic N) is 2. The van der Waals surface area contributed by atoms with Crippen molar-refractivity contribution < 1.29 is 9.18 Å². The highest BCUT2D eigenvalue weighted by molar-refractivity contribution is 5.83. The summed E-state index contributed by atoms with van der Waals surface area (Å²) in [7, 11) is 0. The maximum absolute atomic E-state index is 12.1. The Bertz CT molecular complexity index is 216. The van der Waals surface area contributed by atoms with Crippen LogP contribution in [0, 0.1) is 6.42 Å². The van der Waals surface area contributed by atoms with Crippen LogP contribution in [0.5, 0.6) is 0 Å². The van der Waals surface area contributed by atoms with Gasteiger partial charge in [0.05, 0.1) is 6.04 Å². The number of rotatable bonds is 3. The van der Waals surface area contributed by atoms with Crippen LogP contribution in [0.2, 0.25) is 0 Å². The second-order valence-electron chi connectivity index (χ2n) is 3.89. The van der Waals surface area contributed by atoms with Crippen molar-refractivity contribution in [3.8, 4) is 0 Å². The fourth-order valence-corrected chi connectivity index (χ4v) is 2.09. The van der Waals surface area contributed by atoms with E-state index in [1.807, 2.05) is 9.80 Å². The van der Waals surface area contributed by atoms with Crippen molar-refractivity contribution in [1.82, 2.24) is 9.80 Å². The monoisotopic (exact) mass is 199 g/mol. The van der Waals surface area contributed by atoms with Crippen LogP contribution in [-0.4, -0.2) is 54.6 Å². The molecule has 2 fully saturated rings. The Hall–Kier alpha value is -0.640. The molecular formula is C10H16FN2O. The molecule has 1 unspecified atom stereocenters. The number of halogens is 1. The molecular weight excluding hydrogens is 183 g/mol. The van der Waals surface area contributed by atoms with Crippen LogP contribution in [0.15, 0.2) is 0 Å². The lowest BCUT2D eigenvalue weighted by Gasteiger charge is -2.40. The van der Waals surface area contributed by atoms with Crippen molar-refractivity contribution >= 4 is 5.91 Å². The Morgan fingerprint density at radius 1 is 1.50 bits per heavy atom. The van der Waals surface area contributed by atoms with Gasteiger partial charge in [0.1, 0.15) is 6.67 Å². The first-order valence-corrected chi connectivity index (χ1v) is 5.23. The minimum Gasteiger partial charge on any atom is -0.341 e. The smallest absolute Gasteiger partial charge is 0.239 e. The molecule has 1 radical (unpaired) electrons. The molecule has 2 rings (SSSR count). The van der Waals surface area contributed by atoms with Crippen molar-refractivity contribution in [2.45, 2.75) is 18.9 Å². The van der Waals surface area contributed by atoms with Gasteiger partial charge in [0.2, 0.25) is 5.91 Å². The number of amides is 1. The van der Waals surface area contributed by atoms with E-state index in [1.165, 1.54) is 0 Å². The van der Waals surface area contributed by atoms with E-state index in [0.717, 1.165) is 32.5 Å². The second-order valence-corrected chi connectivity index (χ2v) is 3.89.